The molecule has 0 radical (unpaired) electrons. The van der Waals surface area contributed by atoms with Crippen LogP contribution in [0.5, 0.6) is 0 Å². The lowest BCUT2D eigenvalue weighted by atomic mass is 9.95. The van der Waals surface area contributed by atoms with Gasteiger partial charge in [0.1, 0.15) is 17.4 Å². The van der Waals surface area contributed by atoms with E-state index in [9.17, 15) is 31.9 Å². The zero-order chi connectivity index (χ0) is 23.9. The normalized spacial score (nSPS) is 21.7. The van der Waals surface area contributed by atoms with E-state index in [0.29, 0.717) is 5.69 Å². The minimum atomic E-state index is -3.24. The highest BCUT2D eigenvalue weighted by molar-refractivity contribution is 5.90. The van der Waals surface area contributed by atoms with Crippen molar-refractivity contribution in [3.8, 4) is 12.3 Å². The number of nitrogens with zero attached hydrogens (tertiary/aromatic N) is 4. The summed E-state index contributed by atoms with van der Waals surface area (Å²) in [5.41, 5.74) is -1.52. The van der Waals surface area contributed by atoms with Gasteiger partial charge in [-0.2, -0.15) is 13.9 Å². The molecule has 2 aliphatic rings. The van der Waals surface area contributed by atoms with E-state index < -0.39 is 48.0 Å². The van der Waals surface area contributed by atoms with Crippen molar-refractivity contribution in [2.45, 2.75) is 50.7 Å². The topological polar surface area (TPSA) is 83.3 Å². The van der Waals surface area contributed by atoms with Gasteiger partial charge in [-0.3, -0.25) is 9.67 Å². The molecule has 1 unspecified atom stereocenters. The number of hydrogen-bond acceptors (Lipinski definition) is 4. The first-order valence-electron chi connectivity index (χ1n) is 10.2. The number of aromatic nitrogens is 3. The maximum Gasteiger partial charge on any atom is 0.323 e. The van der Waals surface area contributed by atoms with Crippen LogP contribution in [0, 0.1) is 24.1 Å². The second-order valence-corrected chi connectivity index (χ2v) is 8.05. The fourth-order valence-electron chi connectivity index (χ4n) is 4.24. The molecule has 4 rings (SSSR count). The van der Waals surface area contributed by atoms with Gasteiger partial charge in [-0.1, -0.05) is 5.92 Å². The van der Waals surface area contributed by atoms with Crippen molar-refractivity contribution in [3.63, 3.8) is 0 Å². The maximum atomic E-state index is 15.0. The summed E-state index contributed by atoms with van der Waals surface area (Å²) in [6.07, 6.45) is 2.88. The minimum absolute atomic E-state index is 0.0137. The summed E-state index contributed by atoms with van der Waals surface area (Å²) in [6, 6.07) is -0.800. The predicted molar refractivity (Wildman–Crippen MR) is 106 cm³/mol. The Morgan fingerprint density at radius 2 is 2.18 bits per heavy atom. The van der Waals surface area contributed by atoms with Crippen molar-refractivity contribution in [2.75, 3.05) is 11.9 Å². The molecule has 0 fully saturated rings. The van der Waals surface area contributed by atoms with Gasteiger partial charge in [-0.15, -0.1) is 6.42 Å². The Morgan fingerprint density at radius 1 is 1.42 bits per heavy atom. The zero-order valence-corrected chi connectivity index (χ0v) is 17.2. The summed E-state index contributed by atoms with van der Waals surface area (Å²) in [5, 5.41) is 15.9. The summed E-state index contributed by atoms with van der Waals surface area (Å²) in [5.74, 6) is -2.62. The third kappa shape index (κ3) is 4.13. The monoisotopic (exact) mass is 469 g/mol. The van der Waals surface area contributed by atoms with Crippen LogP contribution in [0.1, 0.15) is 41.9 Å². The number of carbonyl (C=O) groups excluding carboxylic acids is 1. The number of hydrogen-bond donors (Lipinski definition) is 2. The lowest BCUT2D eigenvalue weighted by molar-refractivity contribution is -0.0226. The Hall–Kier alpha value is -3.20. The summed E-state index contributed by atoms with van der Waals surface area (Å²) in [4.78, 5) is 17.2. The van der Waals surface area contributed by atoms with E-state index in [2.05, 4.69) is 21.3 Å². The molecule has 12 heteroatoms. The molecule has 2 aliphatic heterocycles. The largest absolute Gasteiger partial charge is 0.396 e. The quantitative estimate of drug-likeness (QED) is 0.533. The van der Waals surface area contributed by atoms with Gasteiger partial charge in [0.05, 0.1) is 17.9 Å². The van der Waals surface area contributed by atoms with Crippen LogP contribution in [0.25, 0.3) is 0 Å². The molecule has 0 spiro atoms. The van der Waals surface area contributed by atoms with Gasteiger partial charge < -0.3 is 15.3 Å². The molecule has 0 saturated heterocycles. The summed E-state index contributed by atoms with van der Waals surface area (Å²) < 4.78 is 71.3. The van der Waals surface area contributed by atoms with Crippen LogP contribution >= 0.6 is 0 Å². The molecular formula is C21H20F5N5O2. The van der Waals surface area contributed by atoms with Crippen LogP contribution in [-0.4, -0.2) is 43.5 Å². The van der Waals surface area contributed by atoms with Crippen molar-refractivity contribution < 1.29 is 31.9 Å². The number of nitrogens with one attached hydrogen (secondary N) is 1. The summed E-state index contributed by atoms with van der Waals surface area (Å²) >= 11 is 0. The number of rotatable bonds is 3. The van der Waals surface area contributed by atoms with Gasteiger partial charge in [-0.05, 0) is 12.5 Å². The molecule has 0 aliphatic carbocycles. The van der Waals surface area contributed by atoms with Crippen LogP contribution < -0.4 is 5.32 Å². The van der Waals surface area contributed by atoms with E-state index in [1.807, 2.05) is 0 Å². The van der Waals surface area contributed by atoms with Crippen molar-refractivity contribution in [1.29, 1.82) is 0 Å². The molecule has 2 N–H and O–H groups in total. The third-order valence-corrected chi connectivity index (χ3v) is 5.95. The Bertz CT molecular complexity index is 1110. The number of fused-ring (bicyclic) bond motifs is 3. The van der Waals surface area contributed by atoms with Crippen LogP contribution in [0.4, 0.5) is 32.4 Å². The molecule has 0 saturated carbocycles. The van der Waals surface area contributed by atoms with Gasteiger partial charge >= 0.3 is 6.03 Å². The molecule has 4 heterocycles. The first-order chi connectivity index (χ1) is 15.7. The van der Waals surface area contributed by atoms with E-state index in [1.54, 1.807) is 0 Å². The molecule has 2 amide bonds. The van der Waals surface area contributed by atoms with E-state index in [0.717, 1.165) is 17.2 Å². The van der Waals surface area contributed by atoms with Gasteiger partial charge in [0.25, 0.3) is 12.3 Å². The molecule has 0 aromatic carbocycles. The number of amides is 2. The van der Waals surface area contributed by atoms with Crippen molar-refractivity contribution in [2.24, 2.45) is 5.92 Å². The SMILES string of the molecule is C#C[C@@H]1Cc2nn3c(c2CN1C(=O)Nc1ccnc(C(F)F)c1F)C(F)(F)CCC(CO)C3. The van der Waals surface area contributed by atoms with Crippen molar-refractivity contribution in [1.82, 2.24) is 19.7 Å². The van der Waals surface area contributed by atoms with Gasteiger partial charge in [0.15, 0.2) is 5.82 Å². The fraction of sp³-hybridized carbons (Fsp3) is 0.476. The van der Waals surface area contributed by atoms with Crippen molar-refractivity contribution >= 4 is 11.7 Å². The summed E-state index contributed by atoms with van der Waals surface area (Å²) in [6.45, 7) is -0.487. The Kier molecular flexibility index (Phi) is 6.00. The Morgan fingerprint density at radius 3 is 2.85 bits per heavy atom. The molecule has 33 heavy (non-hydrogen) atoms. The number of halogens is 5. The molecule has 2 aromatic heterocycles. The lowest BCUT2D eigenvalue weighted by Gasteiger charge is -2.33. The number of alkyl halides is 4. The van der Waals surface area contributed by atoms with Crippen LogP contribution in [0.3, 0.4) is 0 Å². The molecule has 7 nitrogen and oxygen atoms in total. The lowest BCUT2D eigenvalue weighted by Crippen LogP contribution is -2.46. The molecule has 2 aromatic rings. The van der Waals surface area contributed by atoms with Gasteiger partial charge in [-0.25, -0.2) is 18.0 Å². The second kappa shape index (κ2) is 8.62. The molecule has 176 valence electrons. The number of terminal acetylenes is 1. The molecule has 0 bridgehead atoms. The van der Waals surface area contributed by atoms with Crippen molar-refractivity contribution in [3.05, 3.63) is 40.7 Å². The third-order valence-electron chi connectivity index (χ3n) is 5.95. The first-order valence-corrected chi connectivity index (χ1v) is 10.2. The van der Waals surface area contributed by atoms with Gasteiger partial charge in [0, 0.05) is 43.7 Å². The number of urea groups is 1. The van der Waals surface area contributed by atoms with Gasteiger partial charge in [0.2, 0.25) is 0 Å². The summed E-state index contributed by atoms with van der Waals surface area (Å²) in [7, 11) is 0. The Labute approximate surface area is 185 Å². The average Bonchev–Trinajstić information content (AvgIpc) is 3.08. The van der Waals surface area contributed by atoms with Crippen LogP contribution in [0.2, 0.25) is 0 Å². The van der Waals surface area contributed by atoms with Crippen LogP contribution in [0.15, 0.2) is 12.3 Å². The second-order valence-electron chi connectivity index (χ2n) is 8.05. The number of carbonyl (C=O) groups is 1. The fourth-order valence-corrected chi connectivity index (χ4v) is 4.24. The zero-order valence-electron chi connectivity index (χ0n) is 17.2. The number of aliphatic hydroxyl groups is 1. The average molecular weight is 469 g/mol. The highest BCUT2D eigenvalue weighted by Gasteiger charge is 2.45. The van der Waals surface area contributed by atoms with E-state index >= 15 is 0 Å². The highest BCUT2D eigenvalue weighted by atomic mass is 19.3. The first kappa shape index (κ1) is 23.0. The number of pyridine rings is 1. The number of anilines is 1. The predicted octanol–water partition coefficient (Wildman–Crippen LogP) is 3.44. The highest BCUT2D eigenvalue weighted by Crippen LogP contribution is 2.42. The van der Waals surface area contributed by atoms with E-state index in [-0.39, 0.29) is 49.7 Å². The standard InChI is InChI=1S/C21H20F5N5O2/c1-2-12-7-15-13(18-21(25,26)5-3-11(10-32)8-31(18)29-15)9-30(12)20(33)28-14-4-6-27-17(16(14)22)19(23)24/h1,4,6,11-12,19,32H,3,5,7-10H2,(H,27,28,33)/t11?,12-/m1/s1. The van der Waals surface area contributed by atoms with E-state index in [1.165, 1.54) is 4.68 Å². The maximum absolute atomic E-state index is 15.0. The van der Waals surface area contributed by atoms with E-state index in [4.69, 9.17) is 6.42 Å². The molecule has 2 atom stereocenters. The number of aliphatic hydroxyl groups excluding tert-OH is 1. The Balaban J connectivity index is 1.66. The smallest absolute Gasteiger partial charge is 0.323 e. The molecular weight excluding hydrogens is 449 g/mol. The minimum Gasteiger partial charge on any atom is -0.396 e. The van der Waals surface area contributed by atoms with Crippen LogP contribution in [-0.2, 0) is 25.4 Å².